The first-order valence-corrected chi connectivity index (χ1v) is 6.34. The second-order valence-electron chi connectivity index (χ2n) is 3.90. The Bertz CT molecular complexity index is 566. The van der Waals surface area contributed by atoms with E-state index in [9.17, 15) is 0 Å². The van der Waals surface area contributed by atoms with Gasteiger partial charge in [-0.05, 0) is 36.9 Å². The number of thiophene rings is 1. The Morgan fingerprint density at radius 2 is 2.18 bits per heavy atom. The van der Waals surface area contributed by atoms with E-state index in [-0.39, 0.29) is 0 Å². The molecule has 0 aliphatic carbocycles. The van der Waals surface area contributed by atoms with Crippen LogP contribution < -0.4 is 0 Å². The summed E-state index contributed by atoms with van der Waals surface area (Å²) in [5.41, 5.74) is 3.16. The van der Waals surface area contributed by atoms with Crippen molar-refractivity contribution in [1.82, 2.24) is 9.97 Å². The molecule has 0 N–H and O–H groups in total. The molecule has 86 valence electrons. The molecule has 0 amide bonds. The van der Waals surface area contributed by atoms with Gasteiger partial charge in [0.05, 0.1) is 16.6 Å². The Morgan fingerprint density at radius 3 is 2.82 bits per heavy atom. The Balaban J connectivity index is 2.39. The molecule has 0 spiro atoms. The lowest BCUT2D eigenvalue weighted by Crippen LogP contribution is -1.98. The van der Waals surface area contributed by atoms with Crippen LogP contribution in [0.25, 0.3) is 10.6 Å². The zero-order chi connectivity index (χ0) is 12.3. The number of rotatable bonds is 3. The molecule has 0 aromatic carbocycles. The van der Waals surface area contributed by atoms with Crippen LogP contribution in [0.3, 0.4) is 0 Å². The topological polar surface area (TPSA) is 49.6 Å². The molecule has 0 saturated heterocycles. The van der Waals surface area contributed by atoms with E-state index in [1.54, 1.807) is 11.3 Å². The molecule has 0 saturated carbocycles. The van der Waals surface area contributed by atoms with Gasteiger partial charge in [-0.2, -0.15) is 5.26 Å². The van der Waals surface area contributed by atoms with E-state index in [1.807, 2.05) is 13.0 Å². The van der Waals surface area contributed by atoms with Crippen LogP contribution in [0, 0.1) is 25.2 Å². The van der Waals surface area contributed by atoms with E-state index >= 15 is 0 Å². The number of hydrogen-bond donors (Lipinski definition) is 0. The van der Waals surface area contributed by atoms with Gasteiger partial charge in [0.25, 0.3) is 0 Å². The van der Waals surface area contributed by atoms with Gasteiger partial charge in [0.2, 0.25) is 0 Å². The minimum atomic E-state index is 0.465. The summed E-state index contributed by atoms with van der Waals surface area (Å²) in [6.45, 7) is 4.04. The molecule has 0 unspecified atom stereocenters. The van der Waals surface area contributed by atoms with Crippen LogP contribution in [0.5, 0.6) is 0 Å². The van der Waals surface area contributed by atoms with Gasteiger partial charge in [-0.3, -0.25) is 0 Å². The number of nitriles is 1. The first-order chi connectivity index (χ1) is 8.20. The molecule has 0 bridgehead atoms. The van der Waals surface area contributed by atoms with E-state index in [1.165, 1.54) is 10.4 Å². The monoisotopic (exact) mass is 243 g/mol. The molecule has 2 heterocycles. The average molecular weight is 243 g/mol. The highest BCUT2D eigenvalue weighted by Gasteiger charge is 2.08. The third-order valence-corrected chi connectivity index (χ3v) is 3.49. The first kappa shape index (κ1) is 11.7. The lowest BCUT2D eigenvalue weighted by Gasteiger charge is -2.04. The van der Waals surface area contributed by atoms with E-state index < -0.39 is 0 Å². The summed E-state index contributed by atoms with van der Waals surface area (Å²) in [4.78, 5) is 10.1. The van der Waals surface area contributed by atoms with Gasteiger partial charge in [0, 0.05) is 18.5 Å². The lowest BCUT2D eigenvalue weighted by atomic mass is 10.2. The molecular formula is C13H13N3S. The van der Waals surface area contributed by atoms with Crippen LogP contribution in [0.15, 0.2) is 17.5 Å². The molecule has 3 nitrogen and oxygen atoms in total. The largest absolute Gasteiger partial charge is 0.238 e. The van der Waals surface area contributed by atoms with Crippen molar-refractivity contribution in [2.45, 2.75) is 26.7 Å². The number of aromatic nitrogens is 2. The summed E-state index contributed by atoms with van der Waals surface area (Å²) in [6.07, 6.45) is 1.09. The molecule has 17 heavy (non-hydrogen) atoms. The average Bonchev–Trinajstić information content (AvgIpc) is 2.72. The summed E-state index contributed by atoms with van der Waals surface area (Å²) >= 11 is 1.69. The third-order valence-electron chi connectivity index (χ3n) is 2.46. The maximum absolute atomic E-state index is 8.59. The summed E-state index contributed by atoms with van der Waals surface area (Å²) in [6, 6.07) is 6.21. The quantitative estimate of drug-likeness (QED) is 0.831. The molecule has 2 aromatic rings. The van der Waals surface area contributed by atoms with E-state index in [0.29, 0.717) is 12.8 Å². The molecule has 0 aliphatic rings. The van der Waals surface area contributed by atoms with Gasteiger partial charge < -0.3 is 0 Å². The maximum atomic E-state index is 8.59. The van der Waals surface area contributed by atoms with Crippen molar-refractivity contribution in [3.05, 3.63) is 34.6 Å². The molecule has 2 rings (SSSR count). The van der Waals surface area contributed by atoms with E-state index in [2.05, 4.69) is 34.4 Å². The van der Waals surface area contributed by atoms with E-state index in [0.717, 1.165) is 17.2 Å². The summed E-state index contributed by atoms with van der Waals surface area (Å²) in [5, 5.41) is 10.7. The summed E-state index contributed by atoms with van der Waals surface area (Å²) < 4.78 is 0. The summed E-state index contributed by atoms with van der Waals surface area (Å²) in [5.74, 6) is 0.759. The van der Waals surface area contributed by atoms with Gasteiger partial charge in [-0.25, -0.2) is 9.97 Å². The van der Waals surface area contributed by atoms with Crippen molar-refractivity contribution >= 4 is 11.3 Å². The van der Waals surface area contributed by atoms with Crippen molar-refractivity contribution in [3.8, 4) is 16.6 Å². The SMILES string of the molecule is Cc1cc(-c2sccc2C)nc(CCC#N)n1. The van der Waals surface area contributed by atoms with Crippen molar-refractivity contribution in [2.24, 2.45) is 0 Å². The molecule has 0 aliphatic heterocycles. The van der Waals surface area contributed by atoms with E-state index in [4.69, 9.17) is 5.26 Å². The minimum Gasteiger partial charge on any atom is -0.238 e. The fourth-order valence-corrected chi connectivity index (χ4v) is 2.55. The minimum absolute atomic E-state index is 0.465. The van der Waals surface area contributed by atoms with Crippen molar-refractivity contribution in [1.29, 1.82) is 5.26 Å². The lowest BCUT2D eigenvalue weighted by molar-refractivity contribution is 0.873. The Kier molecular flexibility index (Phi) is 3.50. The van der Waals surface area contributed by atoms with Gasteiger partial charge >= 0.3 is 0 Å². The normalized spacial score (nSPS) is 10.2. The predicted octanol–water partition coefficient (Wildman–Crippen LogP) is 3.28. The molecule has 0 atom stereocenters. The molecule has 0 fully saturated rings. The Morgan fingerprint density at radius 1 is 1.35 bits per heavy atom. The highest BCUT2D eigenvalue weighted by atomic mass is 32.1. The molecule has 0 radical (unpaired) electrons. The maximum Gasteiger partial charge on any atom is 0.130 e. The van der Waals surface area contributed by atoms with Crippen LogP contribution in [0.1, 0.15) is 23.5 Å². The second kappa shape index (κ2) is 5.07. The van der Waals surface area contributed by atoms with Crippen LogP contribution in [-0.2, 0) is 6.42 Å². The fourth-order valence-electron chi connectivity index (χ4n) is 1.66. The first-order valence-electron chi connectivity index (χ1n) is 5.46. The number of aryl methyl sites for hydroxylation is 3. The molecule has 4 heteroatoms. The Hall–Kier alpha value is -1.73. The molecular weight excluding hydrogens is 230 g/mol. The van der Waals surface area contributed by atoms with Gasteiger partial charge in [-0.15, -0.1) is 11.3 Å². The highest BCUT2D eigenvalue weighted by Crippen LogP contribution is 2.27. The highest BCUT2D eigenvalue weighted by molar-refractivity contribution is 7.13. The standard InChI is InChI=1S/C13H13N3S/c1-9-5-7-17-13(9)11-8-10(2)15-12(16-11)4-3-6-14/h5,7-8H,3-4H2,1-2H3. The number of nitrogens with zero attached hydrogens (tertiary/aromatic N) is 3. The van der Waals surface area contributed by atoms with Crippen molar-refractivity contribution in [3.63, 3.8) is 0 Å². The van der Waals surface area contributed by atoms with Crippen molar-refractivity contribution in [2.75, 3.05) is 0 Å². The zero-order valence-electron chi connectivity index (χ0n) is 9.90. The van der Waals surface area contributed by atoms with Gasteiger partial charge in [0.15, 0.2) is 0 Å². The van der Waals surface area contributed by atoms with Crippen LogP contribution in [0.4, 0.5) is 0 Å². The van der Waals surface area contributed by atoms with Crippen LogP contribution >= 0.6 is 11.3 Å². The number of hydrogen-bond acceptors (Lipinski definition) is 4. The van der Waals surface area contributed by atoms with Crippen molar-refractivity contribution < 1.29 is 0 Å². The van der Waals surface area contributed by atoms with Gasteiger partial charge in [-0.1, -0.05) is 0 Å². The Labute approximate surface area is 105 Å². The zero-order valence-corrected chi connectivity index (χ0v) is 10.7. The van der Waals surface area contributed by atoms with Crippen LogP contribution in [0.2, 0.25) is 0 Å². The molecule has 2 aromatic heterocycles. The van der Waals surface area contributed by atoms with Gasteiger partial charge in [0.1, 0.15) is 5.82 Å². The summed E-state index contributed by atoms with van der Waals surface area (Å²) in [7, 11) is 0. The second-order valence-corrected chi connectivity index (χ2v) is 4.82. The smallest absolute Gasteiger partial charge is 0.130 e. The van der Waals surface area contributed by atoms with Crippen LogP contribution in [-0.4, -0.2) is 9.97 Å². The fraction of sp³-hybridized carbons (Fsp3) is 0.308. The third kappa shape index (κ3) is 2.69. The predicted molar refractivity (Wildman–Crippen MR) is 68.8 cm³/mol.